The molecule has 2 N–H and O–H groups in total. The van der Waals surface area contributed by atoms with Gasteiger partial charge in [-0.3, -0.25) is 10.1 Å². The Hall–Kier alpha value is -1.66. The van der Waals surface area contributed by atoms with Crippen LogP contribution >= 0.6 is 0 Å². The molecular weight excluding hydrogens is 248 g/mol. The third kappa shape index (κ3) is 5.23. The molecule has 0 amide bonds. The van der Waals surface area contributed by atoms with Crippen LogP contribution in [0.25, 0.3) is 0 Å². The van der Waals surface area contributed by atoms with E-state index in [1.165, 1.54) is 12.1 Å². The summed E-state index contributed by atoms with van der Waals surface area (Å²) in [6.07, 6.45) is 0. The van der Waals surface area contributed by atoms with Crippen molar-refractivity contribution in [2.24, 2.45) is 5.73 Å². The van der Waals surface area contributed by atoms with Crippen LogP contribution in [0.1, 0.15) is 26.3 Å². The summed E-state index contributed by atoms with van der Waals surface area (Å²) in [4.78, 5) is 10.2. The van der Waals surface area contributed by atoms with E-state index in [1.54, 1.807) is 6.07 Å². The average molecular weight is 268 g/mol. The van der Waals surface area contributed by atoms with Crippen molar-refractivity contribution in [1.82, 2.24) is 0 Å². The summed E-state index contributed by atoms with van der Waals surface area (Å²) in [5.41, 5.74) is 5.97. The minimum Gasteiger partial charge on any atom is -0.491 e. The van der Waals surface area contributed by atoms with E-state index in [1.807, 2.05) is 20.8 Å². The summed E-state index contributed by atoms with van der Waals surface area (Å²) >= 11 is 0. The first kappa shape index (κ1) is 15.4. The lowest BCUT2D eigenvalue weighted by molar-refractivity contribution is -0.384. The standard InChI is InChI=1S/C13H20N2O4/c1-13(2,3)19-7-6-18-12-5-4-11(15(16)17)8-10(12)9-14/h4-5,8H,6-7,9,14H2,1-3H3. The molecule has 0 heterocycles. The Labute approximate surface area is 112 Å². The molecule has 6 nitrogen and oxygen atoms in total. The Kier molecular flexibility index (Phi) is 5.26. The van der Waals surface area contributed by atoms with Crippen molar-refractivity contribution in [1.29, 1.82) is 0 Å². The lowest BCUT2D eigenvalue weighted by Crippen LogP contribution is -2.22. The second-order valence-corrected chi connectivity index (χ2v) is 5.06. The van der Waals surface area contributed by atoms with Gasteiger partial charge in [-0.25, -0.2) is 0 Å². The highest BCUT2D eigenvalue weighted by molar-refractivity contribution is 5.43. The Morgan fingerprint density at radius 3 is 2.53 bits per heavy atom. The number of hydrogen-bond acceptors (Lipinski definition) is 5. The average Bonchev–Trinajstić information content (AvgIpc) is 2.33. The monoisotopic (exact) mass is 268 g/mol. The molecule has 0 fully saturated rings. The van der Waals surface area contributed by atoms with E-state index in [0.717, 1.165) is 0 Å². The second kappa shape index (κ2) is 6.49. The van der Waals surface area contributed by atoms with Gasteiger partial charge >= 0.3 is 0 Å². The van der Waals surface area contributed by atoms with Gasteiger partial charge in [0.1, 0.15) is 12.4 Å². The van der Waals surface area contributed by atoms with E-state index < -0.39 is 4.92 Å². The number of nitrogens with zero attached hydrogens (tertiary/aromatic N) is 1. The van der Waals surface area contributed by atoms with Crippen LogP contribution in [0.15, 0.2) is 18.2 Å². The van der Waals surface area contributed by atoms with Gasteiger partial charge in [0.15, 0.2) is 0 Å². The van der Waals surface area contributed by atoms with Crippen molar-refractivity contribution in [3.05, 3.63) is 33.9 Å². The van der Waals surface area contributed by atoms with Gasteiger partial charge in [-0.1, -0.05) is 0 Å². The number of non-ortho nitro benzene ring substituents is 1. The van der Waals surface area contributed by atoms with Gasteiger partial charge in [0.05, 0.1) is 17.1 Å². The minimum atomic E-state index is -0.453. The summed E-state index contributed by atoms with van der Waals surface area (Å²) in [6.45, 7) is 6.91. The highest BCUT2D eigenvalue weighted by atomic mass is 16.6. The minimum absolute atomic E-state index is 0.0127. The third-order valence-corrected chi connectivity index (χ3v) is 2.35. The number of ether oxygens (including phenoxy) is 2. The normalized spacial score (nSPS) is 11.4. The zero-order valence-corrected chi connectivity index (χ0v) is 11.5. The smallest absolute Gasteiger partial charge is 0.270 e. The topological polar surface area (TPSA) is 87.6 Å². The number of benzene rings is 1. The van der Waals surface area contributed by atoms with Gasteiger partial charge in [0.2, 0.25) is 0 Å². The first-order valence-electron chi connectivity index (χ1n) is 6.07. The van der Waals surface area contributed by atoms with Crippen LogP contribution in [0.4, 0.5) is 5.69 Å². The molecule has 0 bridgehead atoms. The molecule has 0 aliphatic carbocycles. The highest BCUT2D eigenvalue weighted by Gasteiger charge is 2.12. The van der Waals surface area contributed by atoms with Crippen LogP contribution in [0.2, 0.25) is 0 Å². The van der Waals surface area contributed by atoms with E-state index >= 15 is 0 Å². The van der Waals surface area contributed by atoms with Gasteiger partial charge in [0, 0.05) is 24.2 Å². The molecule has 0 spiro atoms. The molecule has 0 aliphatic rings. The molecule has 1 aromatic rings. The van der Waals surface area contributed by atoms with Crippen LogP contribution < -0.4 is 10.5 Å². The summed E-state index contributed by atoms with van der Waals surface area (Å²) in [6, 6.07) is 4.40. The molecule has 0 atom stereocenters. The second-order valence-electron chi connectivity index (χ2n) is 5.06. The Morgan fingerprint density at radius 2 is 2.00 bits per heavy atom. The fourth-order valence-corrected chi connectivity index (χ4v) is 1.48. The molecule has 0 aromatic heterocycles. The number of rotatable bonds is 6. The van der Waals surface area contributed by atoms with Gasteiger partial charge in [-0.05, 0) is 26.8 Å². The maximum atomic E-state index is 10.7. The van der Waals surface area contributed by atoms with Crippen molar-refractivity contribution >= 4 is 5.69 Å². The molecule has 0 saturated carbocycles. The Bertz CT molecular complexity index is 441. The third-order valence-electron chi connectivity index (χ3n) is 2.35. The zero-order chi connectivity index (χ0) is 14.5. The molecule has 0 saturated heterocycles. The molecule has 106 valence electrons. The van der Waals surface area contributed by atoms with E-state index in [4.69, 9.17) is 15.2 Å². The molecule has 19 heavy (non-hydrogen) atoms. The Balaban J connectivity index is 2.61. The molecular formula is C13H20N2O4. The predicted octanol–water partition coefficient (Wildman–Crippen LogP) is 2.25. The van der Waals surface area contributed by atoms with Crippen LogP contribution in [-0.2, 0) is 11.3 Å². The van der Waals surface area contributed by atoms with Crippen molar-refractivity contribution in [3.8, 4) is 5.75 Å². The van der Waals surface area contributed by atoms with Gasteiger partial charge in [-0.15, -0.1) is 0 Å². The predicted molar refractivity (Wildman–Crippen MR) is 72.2 cm³/mol. The van der Waals surface area contributed by atoms with Gasteiger partial charge in [0.25, 0.3) is 5.69 Å². The van der Waals surface area contributed by atoms with E-state index in [-0.39, 0.29) is 17.8 Å². The largest absolute Gasteiger partial charge is 0.491 e. The van der Waals surface area contributed by atoms with Crippen molar-refractivity contribution < 1.29 is 14.4 Å². The summed E-state index contributed by atoms with van der Waals surface area (Å²) in [5, 5.41) is 10.7. The van der Waals surface area contributed by atoms with E-state index in [2.05, 4.69) is 0 Å². The lowest BCUT2D eigenvalue weighted by Gasteiger charge is -2.19. The van der Waals surface area contributed by atoms with Crippen LogP contribution in [-0.4, -0.2) is 23.7 Å². The molecule has 0 aliphatic heterocycles. The molecule has 0 unspecified atom stereocenters. The summed E-state index contributed by atoms with van der Waals surface area (Å²) < 4.78 is 11.1. The Morgan fingerprint density at radius 1 is 1.32 bits per heavy atom. The highest BCUT2D eigenvalue weighted by Crippen LogP contribution is 2.23. The number of hydrogen-bond donors (Lipinski definition) is 1. The maximum absolute atomic E-state index is 10.7. The van der Waals surface area contributed by atoms with Crippen LogP contribution in [0, 0.1) is 10.1 Å². The SMILES string of the molecule is CC(C)(C)OCCOc1ccc([N+](=O)[O-])cc1CN. The summed E-state index contributed by atoms with van der Waals surface area (Å²) in [7, 11) is 0. The maximum Gasteiger partial charge on any atom is 0.270 e. The number of nitro groups is 1. The molecule has 6 heteroatoms. The van der Waals surface area contributed by atoms with Crippen molar-refractivity contribution in [2.45, 2.75) is 32.9 Å². The molecule has 1 rings (SSSR count). The van der Waals surface area contributed by atoms with Crippen molar-refractivity contribution in [3.63, 3.8) is 0 Å². The summed E-state index contributed by atoms with van der Waals surface area (Å²) in [5.74, 6) is 0.561. The first-order chi connectivity index (χ1) is 8.83. The quantitative estimate of drug-likeness (QED) is 0.485. The molecule has 1 aromatic carbocycles. The zero-order valence-electron chi connectivity index (χ0n) is 11.5. The van der Waals surface area contributed by atoms with Crippen molar-refractivity contribution in [2.75, 3.05) is 13.2 Å². The number of nitrogens with two attached hydrogens (primary N) is 1. The number of nitro benzene ring substituents is 1. The van der Waals surface area contributed by atoms with E-state index in [9.17, 15) is 10.1 Å². The van der Waals surface area contributed by atoms with E-state index in [0.29, 0.717) is 24.5 Å². The fraction of sp³-hybridized carbons (Fsp3) is 0.538. The first-order valence-corrected chi connectivity index (χ1v) is 6.07. The van der Waals surface area contributed by atoms with Crippen LogP contribution in [0.3, 0.4) is 0 Å². The lowest BCUT2D eigenvalue weighted by atomic mass is 10.2. The fourth-order valence-electron chi connectivity index (χ4n) is 1.48. The molecule has 0 radical (unpaired) electrons. The van der Waals surface area contributed by atoms with Gasteiger partial charge in [-0.2, -0.15) is 0 Å². The van der Waals surface area contributed by atoms with Crippen LogP contribution in [0.5, 0.6) is 5.75 Å². The van der Waals surface area contributed by atoms with Gasteiger partial charge < -0.3 is 15.2 Å².